The van der Waals surface area contributed by atoms with Gasteiger partial charge >= 0.3 is 0 Å². The first-order chi connectivity index (χ1) is 13.5. The number of anilines is 1. The van der Waals surface area contributed by atoms with Gasteiger partial charge in [0.05, 0.1) is 0 Å². The van der Waals surface area contributed by atoms with E-state index in [0.29, 0.717) is 11.6 Å². The second kappa shape index (κ2) is 7.91. The lowest BCUT2D eigenvalue weighted by Crippen LogP contribution is -2.44. The van der Waals surface area contributed by atoms with Crippen molar-refractivity contribution >= 4 is 11.6 Å². The zero-order valence-electron chi connectivity index (χ0n) is 17.1. The molecule has 2 aromatic rings. The van der Waals surface area contributed by atoms with Crippen LogP contribution in [0.15, 0.2) is 24.4 Å². The molecule has 2 aromatic heterocycles. The molecular weight excluding hydrogens is 352 g/mol. The molecule has 0 N–H and O–H groups in total. The summed E-state index contributed by atoms with van der Waals surface area (Å²) < 4.78 is 1.80. The van der Waals surface area contributed by atoms with E-state index in [0.717, 1.165) is 63.6 Å². The zero-order chi connectivity index (χ0) is 19.7. The predicted molar refractivity (Wildman–Crippen MR) is 110 cm³/mol. The van der Waals surface area contributed by atoms with Gasteiger partial charge in [0.15, 0.2) is 0 Å². The first-order valence-electron chi connectivity index (χ1n) is 10.3. The Morgan fingerprint density at radius 3 is 2.68 bits per heavy atom. The minimum atomic E-state index is 0.0293. The fraction of sp³-hybridized carbons (Fsp3) is 0.571. The van der Waals surface area contributed by atoms with E-state index in [1.54, 1.807) is 4.68 Å². The van der Waals surface area contributed by atoms with Gasteiger partial charge in [0.25, 0.3) is 5.91 Å². The number of aryl methyl sites for hydroxylation is 2. The molecular formula is C21H30N6O. The Labute approximate surface area is 166 Å². The van der Waals surface area contributed by atoms with E-state index >= 15 is 0 Å². The van der Waals surface area contributed by atoms with Crippen molar-refractivity contribution in [3.05, 3.63) is 41.5 Å². The van der Waals surface area contributed by atoms with E-state index in [1.165, 1.54) is 5.69 Å². The summed E-state index contributed by atoms with van der Waals surface area (Å²) in [7, 11) is 2.17. The molecule has 0 aromatic carbocycles. The van der Waals surface area contributed by atoms with Gasteiger partial charge in [-0.1, -0.05) is 0 Å². The van der Waals surface area contributed by atoms with Crippen LogP contribution in [0.5, 0.6) is 0 Å². The third-order valence-electron chi connectivity index (χ3n) is 5.90. The molecule has 2 aliphatic heterocycles. The van der Waals surface area contributed by atoms with Crippen molar-refractivity contribution in [1.29, 1.82) is 0 Å². The highest BCUT2D eigenvalue weighted by Gasteiger charge is 2.30. The molecule has 28 heavy (non-hydrogen) atoms. The highest BCUT2D eigenvalue weighted by molar-refractivity contribution is 5.92. The molecule has 7 heteroatoms. The normalized spacial score (nSPS) is 20.8. The Morgan fingerprint density at radius 2 is 1.96 bits per heavy atom. The number of carbonyl (C=O) groups is 1. The lowest BCUT2D eigenvalue weighted by molar-refractivity contribution is 0.0784. The quantitative estimate of drug-likeness (QED) is 0.809. The minimum absolute atomic E-state index is 0.0293. The topological polar surface area (TPSA) is 57.5 Å². The number of likely N-dealkylation sites (N-methyl/N-ethyl adjacent to an activating group) is 1. The summed E-state index contributed by atoms with van der Waals surface area (Å²) in [6.07, 6.45) is 2.82. The number of hydrogen-bond acceptors (Lipinski definition) is 5. The Balaban J connectivity index is 1.47. The van der Waals surface area contributed by atoms with E-state index in [9.17, 15) is 4.79 Å². The molecule has 1 amide bonds. The molecule has 1 atom stereocenters. The zero-order valence-corrected chi connectivity index (χ0v) is 17.1. The van der Waals surface area contributed by atoms with Gasteiger partial charge in [0.2, 0.25) is 0 Å². The van der Waals surface area contributed by atoms with Crippen molar-refractivity contribution in [2.24, 2.45) is 0 Å². The fourth-order valence-corrected chi connectivity index (χ4v) is 4.13. The smallest absolute Gasteiger partial charge is 0.274 e. The van der Waals surface area contributed by atoms with Gasteiger partial charge in [-0.3, -0.25) is 14.5 Å². The van der Waals surface area contributed by atoms with Crippen LogP contribution in [-0.4, -0.2) is 76.8 Å². The molecule has 4 heterocycles. The first-order valence-corrected chi connectivity index (χ1v) is 10.3. The Morgan fingerprint density at radius 1 is 1.18 bits per heavy atom. The maximum atomic E-state index is 12.8. The Kier molecular flexibility index (Phi) is 5.35. The molecule has 2 aliphatic rings. The van der Waals surface area contributed by atoms with Gasteiger partial charge in [-0.2, -0.15) is 5.10 Å². The number of carbonyl (C=O) groups excluding carboxylic acids is 1. The molecule has 4 rings (SSSR count). The summed E-state index contributed by atoms with van der Waals surface area (Å²) in [5.41, 5.74) is 3.97. The van der Waals surface area contributed by atoms with Gasteiger partial charge in [0, 0.05) is 75.0 Å². The van der Waals surface area contributed by atoms with Crippen LogP contribution in [0.1, 0.15) is 41.1 Å². The molecule has 1 unspecified atom stereocenters. The van der Waals surface area contributed by atoms with Gasteiger partial charge in [-0.15, -0.1) is 0 Å². The monoisotopic (exact) mass is 382 g/mol. The van der Waals surface area contributed by atoms with Gasteiger partial charge in [0.1, 0.15) is 5.69 Å². The van der Waals surface area contributed by atoms with Crippen molar-refractivity contribution in [3.8, 4) is 0 Å². The van der Waals surface area contributed by atoms with Crippen molar-refractivity contribution in [2.45, 2.75) is 32.7 Å². The molecule has 0 bridgehead atoms. The maximum absolute atomic E-state index is 12.8. The minimum Gasteiger partial charge on any atom is -0.369 e. The third kappa shape index (κ3) is 3.90. The maximum Gasteiger partial charge on any atom is 0.274 e. The molecule has 0 aliphatic carbocycles. The van der Waals surface area contributed by atoms with Crippen LogP contribution in [0.25, 0.3) is 0 Å². The molecule has 2 saturated heterocycles. The third-order valence-corrected chi connectivity index (χ3v) is 5.90. The lowest BCUT2D eigenvalue weighted by atomic mass is 10.0. The van der Waals surface area contributed by atoms with Crippen molar-refractivity contribution in [3.63, 3.8) is 0 Å². The average Bonchev–Trinajstić information content (AvgIpc) is 3.37. The second-order valence-corrected chi connectivity index (χ2v) is 7.98. The van der Waals surface area contributed by atoms with Gasteiger partial charge in [-0.25, -0.2) is 0 Å². The van der Waals surface area contributed by atoms with E-state index in [4.69, 9.17) is 4.98 Å². The Bertz CT molecular complexity index is 839. The number of nitrogens with zero attached hydrogens (tertiary/aromatic N) is 6. The van der Waals surface area contributed by atoms with Crippen molar-refractivity contribution in [2.75, 3.05) is 51.2 Å². The molecule has 7 nitrogen and oxygen atoms in total. The number of likely N-dealkylation sites (tertiary alicyclic amines) is 1. The molecule has 0 radical (unpaired) electrons. The summed E-state index contributed by atoms with van der Waals surface area (Å²) in [4.78, 5) is 24.3. The number of rotatable bonds is 4. The Hall–Kier alpha value is -2.41. The van der Waals surface area contributed by atoms with Crippen LogP contribution in [-0.2, 0) is 6.54 Å². The van der Waals surface area contributed by atoms with E-state index in [2.05, 4.69) is 41.0 Å². The number of piperazine rings is 1. The van der Waals surface area contributed by atoms with Crippen LogP contribution in [0.2, 0.25) is 0 Å². The standard InChI is InChI=1S/C21H30N6O/c1-4-27-8-6-19(23-27)21(28)26-7-5-17(15-26)20-14-18(13-16(2)22-20)25-11-9-24(3)10-12-25/h6,8,13-14,17H,4-5,7,9-12,15H2,1-3H3. The SMILES string of the molecule is CCn1ccc(C(=O)N2CCC(c3cc(N4CCN(C)CC4)cc(C)n3)C2)n1. The first kappa shape index (κ1) is 18.9. The second-order valence-electron chi connectivity index (χ2n) is 7.98. The van der Waals surface area contributed by atoms with E-state index in [-0.39, 0.29) is 5.91 Å². The highest BCUT2D eigenvalue weighted by atomic mass is 16.2. The fourth-order valence-electron chi connectivity index (χ4n) is 4.13. The van der Waals surface area contributed by atoms with Crippen molar-refractivity contribution in [1.82, 2.24) is 24.6 Å². The van der Waals surface area contributed by atoms with Crippen LogP contribution in [0, 0.1) is 6.92 Å². The number of aromatic nitrogens is 3. The molecule has 0 spiro atoms. The largest absolute Gasteiger partial charge is 0.369 e. The van der Waals surface area contributed by atoms with E-state index in [1.807, 2.05) is 24.1 Å². The summed E-state index contributed by atoms with van der Waals surface area (Å²) in [6, 6.07) is 6.24. The molecule has 0 saturated carbocycles. The number of hydrogen-bond donors (Lipinski definition) is 0. The number of pyridine rings is 1. The summed E-state index contributed by atoms with van der Waals surface area (Å²) in [5, 5.41) is 4.37. The van der Waals surface area contributed by atoms with Gasteiger partial charge in [-0.05, 0) is 45.5 Å². The van der Waals surface area contributed by atoms with Crippen molar-refractivity contribution < 1.29 is 4.79 Å². The average molecular weight is 383 g/mol. The number of amides is 1. The summed E-state index contributed by atoms with van der Waals surface area (Å²) >= 11 is 0. The summed E-state index contributed by atoms with van der Waals surface area (Å²) in [5.74, 6) is 0.324. The molecule has 2 fully saturated rings. The molecule has 150 valence electrons. The van der Waals surface area contributed by atoms with Crippen LogP contribution < -0.4 is 4.90 Å². The van der Waals surface area contributed by atoms with E-state index < -0.39 is 0 Å². The van der Waals surface area contributed by atoms with Crippen LogP contribution in [0.3, 0.4) is 0 Å². The van der Waals surface area contributed by atoms with Crippen LogP contribution >= 0.6 is 0 Å². The summed E-state index contributed by atoms with van der Waals surface area (Å²) in [6.45, 7) is 10.6. The highest BCUT2D eigenvalue weighted by Crippen LogP contribution is 2.30. The van der Waals surface area contributed by atoms with Gasteiger partial charge < -0.3 is 14.7 Å². The van der Waals surface area contributed by atoms with Crippen LogP contribution in [0.4, 0.5) is 5.69 Å². The lowest BCUT2D eigenvalue weighted by Gasteiger charge is -2.34. The predicted octanol–water partition coefficient (Wildman–Crippen LogP) is 1.99.